The second-order valence-electron chi connectivity index (χ2n) is 6.98. The number of morpholine rings is 1. The third kappa shape index (κ3) is 4.81. The Balaban J connectivity index is 1.29. The van der Waals surface area contributed by atoms with Gasteiger partial charge < -0.3 is 25.0 Å². The number of esters is 1. The maximum atomic E-state index is 12.5. The van der Waals surface area contributed by atoms with Crippen LogP contribution in [0.1, 0.15) is 16.1 Å². The zero-order valence-electron chi connectivity index (χ0n) is 15.9. The van der Waals surface area contributed by atoms with Gasteiger partial charge >= 0.3 is 5.97 Å². The van der Waals surface area contributed by atoms with Crippen LogP contribution in [0.15, 0.2) is 36.4 Å². The van der Waals surface area contributed by atoms with E-state index in [9.17, 15) is 14.4 Å². The van der Waals surface area contributed by atoms with Crippen LogP contribution in [0.2, 0.25) is 4.34 Å². The van der Waals surface area contributed by atoms with Crippen molar-refractivity contribution in [1.82, 2.24) is 10.6 Å². The molecule has 3 heterocycles. The van der Waals surface area contributed by atoms with E-state index in [1.807, 2.05) is 0 Å². The molecule has 2 saturated heterocycles. The molecule has 1 aromatic carbocycles. The van der Waals surface area contributed by atoms with Crippen molar-refractivity contribution in [3.63, 3.8) is 0 Å². The van der Waals surface area contributed by atoms with Crippen molar-refractivity contribution in [2.75, 3.05) is 31.2 Å². The Bertz CT molecular complexity index is 948. The number of hydrogen-bond donors (Lipinski definition) is 2. The number of carbonyl (C=O) groups is 3. The topological polar surface area (TPSA) is 97.0 Å². The summed E-state index contributed by atoms with van der Waals surface area (Å²) in [4.78, 5) is 38.8. The molecule has 30 heavy (non-hydrogen) atoms. The fraction of sp³-hybridized carbons (Fsp3) is 0.350. The number of halogens is 1. The van der Waals surface area contributed by atoms with Crippen molar-refractivity contribution in [2.24, 2.45) is 0 Å². The molecule has 0 bridgehead atoms. The lowest BCUT2D eigenvalue weighted by Gasteiger charge is -2.26. The van der Waals surface area contributed by atoms with E-state index in [1.165, 1.54) is 11.3 Å². The molecule has 8 nitrogen and oxygen atoms in total. The lowest BCUT2D eigenvalue weighted by molar-refractivity contribution is -0.136. The van der Waals surface area contributed by atoms with Gasteiger partial charge in [0.1, 0.15) is 18.4 Å². The van der Waals surface area contributed by atoms with Crippen LogP contribution >= 0.6 is 22.9 Å². The number of thiophene rings is 1. The number of benzene rings is 1. The Morgan fingerprint density at radius 3 is 2.73 bits per heavy atom. The van der Waals surface area contributed by atoms with E-state index in [1.54, 1.807) is 41.3 Å². The summed E-state index contributed by atoms with van der Waals surface area (Å²) in [6.07, 6.45) is 0.435. The van der Waals surface area contributed by atoms with Gasteiger partial charge in [0.15, 0.2) is 0 Å². The highest BCUT2D eigenvalue weighted by Gasteiger charge is 2.32. The lowest BCUT2D eigenvalue weighted by Crippen LogP contribution is -2.41. The summed E-state index contributed by atoms with van der Waals surface area (Å²) >= 11 is 7.07. The highest BCUT2D eigenvalue weighted by molar-refractivity contribution is 7.18. The number of nitrogens with zero attached hydrogens (tertiary/aromatic N) is 1. The summed E-state index contributed by atoms with van der Waals surface area (Å²) in [5.74, 6) is -0.326. The highest BCUT2D eigenvalue weighted by Crippen LogP contribution is 2.23. The van der Waals surface area contributed by atoms with Crippen LogP contribution in [-0.2, 0) is 14.3 Å². The molecule has 2 N–H and O–H groups in total. The van der Waals surface area contributed by atoms with Gasteiger partial charge in [-0.05, 0) is 42.8 Å². The number of carbonyl (C=O) groups excluding carboxylic acids is 3. The minimum atomic E-state index is -0.511. The average molecular weight is 450 g/mol. The molecular weight excluding hydrogens is 430 g/mol. The average Bonchev–Trinajstić information content (AvgIpc) is 3.38. The summed E-state index contributed by atoms with van der Waals surface area (Å²) in [6, 6.07) is 9.45. The minimum absolute atomic E-state index is 0.0707. The van der Waals surface area contributed by atoms with Gasteiger partial charge in [0.25, 0.3) is 11.8 Å². The predicted octanol–water partition coefficient (Wildman–Crippen LogP) is 1.83. The third-order valence-electron chi connectivity index (χ3n) is 4.90. The Morgan fingerprint density at radius 1 is 1.23 bits per heavy atom. The Hall–Kier alpha value is -2.46. The van der Waals surface area contributed by atoms with E-state index >= 15 is 0 Å². The van der Waals surface area contributed by atoms with Crippen LogP contribution in [0, 0.1) is 0 Å². The molecule has 158 valence electrons. The highest BCUT2D eigenvalue weighted by atomic mass is 35.5. The molecule has 2 amide bonds. The van der Waals surface area contributed by atoms with Gasteiger partial charge in [-0.25, -0.2) is 4.79 Å². The van der Waals surface area contributed by atoms with Crippen molar-refractivity contribution >= 4 is 46.4 Å². The van der Waals surface area contributed by atoms with E-state index in [0.717, 1.165) is 5.69 Å². The number of amides is 2. The van der Waals surface area contributed by atoms with Crippen LogP contribution in [0.3, 0.4) is 0 Å². The van der Waals surface area contributed by atoms with Gasteiger partial charge in [0.05, 0.1) is 15.8 Å². The van der Waals surface area contributed by atoms with Crippen molar-refractivity contribution in [1.29, 1.82) is 0 Å². The summed E-state index contributed by atoms with van der Waals surface area (Å²) in [5, 5.41) is 5.98. The first-order valence-electron chi connectivity index (χ1n) is 9.49. The monoisotopic (exact) mass is 449 g/mol. The quantitative estimate of drug-likeness (QED) is 0.534. The molecule has 1 unspecified atom stereocenters. The second-order valence-corrected chi connectivity index (χ2v) is 8.70. The molecule has 1 aromatic heterocycles. The molecule has 10 heteroatoms. The first-order valence-corrected chi connectivity index (χ1v) is 10.7. The first kappa shape index (κ1) is 20.8. The summed E-state index contributed by atoms with van der Waals surface area (Å²) in [7, 11) is 0. The van der Waals surface area contributed by atoms with Crippen LogP contribution in [0.25, 0.3) is 0 Å². The maximum absolute atomic E-state index is 12.5. The smallest absolute Gasteiger partial charge is 0.328 e. The van der Waals surface area contributed by atoms with Gasteiger partial charge in [-0.15, -0.1) is 11.3 Å². The molecule has 4 rings (SSSR count). The molecule has 2 aliphatic heterocycles. The fourth-order valence-corrected chi connectivity index (χ4v) is 4.34. The lowest BCUT2D eigenvalue weighted by atomic mass is 10.1. The van der Waals surface area contributed by atoms with Gasteiger partial charge in [-0.3, -0.25) is 9.59 Å². The molecule has 2 atom stereocenters. The molecule has 0 radical (unpaired) electrons. The molecule has 2 aliphatic rings. The Labute approximate surface area is 182 Å². The van der Waals surface area contributed by atoms with Gasteiger partial charge in [-0.1, -0.05) is 11.6 Å². The minimum Gasteiger partial charge on any atom is -0.425 e. The van der Waals surface area contributed by atoms with E-state index in [0.29, 0.717) is 41.1 Å². The number of hydrogen-bond acceptors (Lipinski definition) is 7. The van der Waals surface area contributed by atoms with E-state index in [4.69, 9.17) is 21.1 Å². The molecule has 2 fully saturated rings. The number of ether oxygens (including phenoxy) is 2. The van der Waals surface area contributed by atoms with Crippen molar-refractivity contribution in [3.8, 4) is 5.75 Å². The normalized spacial score (nSPS) is 21.5. The van der Waals surface area contributed by atoms with Gasteiger partial charge in [0, 0.05) is 24.8 Å². The molecule has 0 aliphatic carbocycles. The first-order chi connectivity index (χ1) is 14.5. The third-order valence-corrected chi connectivity index (χ3v) is 6.13. The largest absolute Gasteiger partial charge is 0.425 e. The zero-order chi connectivity index (χ0) is 21.1. The van der Waals surface area contributed by atoms with Gasteiger partial charge in [-0.2, -0.15) is 0 Å². The van der Waals surface area contributed by atoms with E-state index in [2.05, 4.69) is 10.6 Å². The van der Waals surface area contributed by atoms with Gasteiger partial charge in [0.2, 0.25) is 0 Å². The molecule has 2 aromatic rings. The number of nitrogens with one attached hydrogen (secondary N) is 2. The number of rotatable bonds is 5. The summed E-state index contributed by atoms with van der Waals surface area (Å²) in [5.41, 5.74) is 0.735. The Kier molecular flexibility index (Phi) is 6.33. The zero-order valence-corrected chi connectivity index (χ0v) is 17.5. The van der Waals surface area contributed by atoms with Crippen LogP contribution < -0.4 is 20.3 Å². The van der Waals surface area contributed by atoms with Crippen molar-refractivity contribution < 1.29 is 23.9 Å². The fourth-order valence-electron chi connectivity index (χ4n) is 3.39. The van der Waals surface area contributed by atoms with E-state index < -0.39 is 12.0 Å². The predicted molar refractivity (Wildman–Crippen MR) is 112 cm³/mol. The SMILES string of the molecule is O=C(NC1CN[C@H](C(=O)Oc2ccc(N3CCOCC3=O)cc2)C1)c1ccc(Cl)s1. The standard InChI is InChI=1S/C20H20ClN3O5S/c21-17-6-5-16(30-17)19(26)23-12-9-15(22-10-12)20(27)29-14-3-1-13(2-4-14)24-7-8-28-11-18(24)25/h1-6,12,15,22H,7-11H2,(H,23,26)/t12?,15-/m0/s1. The molecular formula is C20H20ClN3O5S. The van der Waals surface area contributed by atoms with Crippen LogP contribution in [0.4, 0.5) is 5.69 Å². The van der Waals surface area contributed by atoms with Crippen LogP contribution in [0.5, 0.6) is 5.75 Å². The second kappa shape index (κ2) is 9.13. The Morgan fingerprint density at radius 2 is 2.03 bits per heavy atom. The summed E-state index contributed by atoms with van der Waals surface area (Å²) < 4.78 is 11.1. The van der Waals surface area contributed by atoms with E-state index in [-0.39, 0.29) is 24.5 Å². The summed E-state index contributed by atoms with van der Waals surface area (Å²) in [6.45, 7) is 1.53. The molecule has 0 spiro atoms. The maximum Gasteiger partial charge on any atom is 0.328 e. The molecule has 0 saturated carbocycles. The van der Waals surface area contributed by atoms with Crippen LogP contribution in [-0.4, -0.2) is 56.2 Å². The van der Waals surface area contributed by atoms with Crippen molar-refractivity contribution in [3.05, 3.63) is 45.6 Å². The van der Waals surface area contributed by atoms with Crippen molar-refractivity contribution in [2.45, 2.75) is 18.5 Å². The number of anilines is 1.